The molecule has 2 aliphatic heterocycles. The van der Waals surface area contributed by atoms with Gasteiger partial charge in [0, 0.05) is 18.5 Å². The standard InChI is InChI=1S/C23H33N3O4S/c1-15(27)17-4-8-20(9-5-17)31(29,30)19-6-2-16(3-7-19)13-25-23(28)22-12-18-14-24-11-10-21(18)26-22/h2-3,6-7,17-18,20-22,24,26H,4-5,8-14H2,1H3,(H,25,28). The van der Waals surface area contributed by atoms with Gasteiger partial charge in [-0.2, -0.15) is 0 Å². The lowest BCUT2D eigenvalue weighted by Gasteiger charge is -2.26. The second-order valence-electron chi connectivity index (χ2n) is 9.31. The first-order valence-corrected chi connectivity index (χ1v) is 13.0. The lowest BCUT2D eigenvalue weighted by Crippen LogP contribution is -2.45. The molecule has 3 aliphatic rings. The lowest BCUT2D eigenvalue weighted by atomic mass is 9.86. The van der Waals surface area contributed by atoms with E-state index in [2.05, 4.69) is 16.0 Å². The van der Waals surface area contributed by atoms with Crippen LogP contribution in [0.2, 0.25) is 0 Å². The van der Waals surface area contributed by atoms with Crippen LogP contribution in [0.1, 0.15) is 51.0 Å². The Labute approximate surface area is 184 Å². The molecule has 2 heterocycles. The molecule has 3 fully saturated rings. The van der Waals surface area contributed by atoms with Crippen LogP contribution in [0.3, 0.4) is 0 Å². The van der Waals surface area contributed by atoms with Gasteiger partial charge in [-0.25, -0.2) is 8.42 Å². The molecule has 0 bridgehead atoms. The molecule has 1 saturated carbocycles. The van der Waals surface area contributed by atoms with E-state index in [4.69, 9.17) is 0 Å². The highest BCUT2D eigenvalue weighted by Gasteiger charge is 2.38. The second kappa shape index (κ2) is 9.38. The highest BCUT2D eigenvalue weighted by atomic mass is 32.2. The van der Waals surface area contributed by atoms with Crippen molar-refractivity contribution in [1.82, 2.24) is 16.0 Å². The first-order valence-electron chi connectivity index (χ1n) is 11.4. The number of sulfone groups is 1. The van der Waals surface area contributed by atoms with Crippen LogP contribution in [0.25, 0.3) is 0 Å². The van der Waals surface area contributed by atoms with Crippen molar-refractivity contribution in [1.29, 1.82) is 0 Å². The lowest BCUT2D eigenvalue weighted by molar-refractivity contribution is -0.123. The van der Waals surface area contributed by atoms with Crippen LogP contribution < -0.4 is 16.0 Å². The average molecular weight is 448 g/mol. The van der Waals surface area contributed by atoms with Gasteiger partial charge in [-0.15, -0.1) is 0 Å². The number of hydrogen-bond acceptors (Lipinski definition) is 6. The predicted octanol–water partition coefficient (Wildman–Crippen LogP) is 1.56. The van der Waals surface area contributed by atoms with Gasteiger partial charge in [-0.05, 0) is 82.2 Å². The Kier molecular flexibility index (Phi) is 6.79. The first kappa shape index (κ1) is 22.4. The number of carbonyl (C=O) groups is 2. The molecule has 0 aromatic heterocycles. The number of fused-ring (bicyclic) bond motifs is 1. The maximum Gasteiger partial charge on any atom is 0.237 e. The maximum atomic E-state index is 13.0. The molecule has 3 atom stereocenters. The summed E-state index contributed by atoms with van der Waals surface area (Å²) >= 11 is 0. The number of amides is 1. The number of Topliss-reactive ketones (excluding diaryl/α,β-unsaturated/α-hetero) is 1. The zero-order valence-corrected chi connectivity index (χ0v) is 18.9. The highest BCUT2D eigenvalue weighted by Crippen LogP contribution is 2.32. The Bertz CT molecular complexity index is 893. The summed E-state index contributed by atoms with van der Waals surface area (Å²) in [5.41, 5.74) is 0.879. The SMILES string of the molecule is CC(=O)C1CCC(S(=O)(=O)c2ccc(CNC(=O)C3CC4CNCCC4N3)cc2)CC1. The third-order valence-electron chi connectivity index (χ3n) is 7.28. The Morgan fingerprint density at radius 1 is 1.06 bits per heavy atom. The predicted molar refractivity (Wildman–Crippen MR) is 118 cm³/mol. The van der Waals surface area contributed by atoms with Gasteiger partial charge in [0.05, 0.1) is 16.2 Å². The van der Waals surface area contributed by atoms with Crippen molar-refractivity contribution in [2.24, 2.45) is 11.8 Å². The number of nitrogens with one attached hydrogen (secondary N) is 3. The van der Waals surface area contributed by atoms with Crippen LogP contribution in [0.4, 0.5) is 0 Å². The van der Waals surface area contributed by atoms with Gasteiger partial charge in [0.15, 0.2) is 9.84 Å². The summed E-state index contributed by atoms with van der Waals surface area (Å²) in [5.74, 6) is 0.685. The van der Waals surface area contributed by atoms with Gasteiger partial charge in [-0.1, -0.05) is 12.1 Å². The van der Waals surface area contributed by atoms with E-state index >= 15 is 0 Å². The van der Waals surface area contributed by atoms with Crippen molar-refractivity contribution in [3.8, 4) is 0 Å². The molecule has 31 heavy (non-hydrogen) atoms. The highest BCUT2D eigenvalue weighted by molar-refractivity contribution is 7.92. The minimum Gasteiger partial charge on any atom is -0.351 e. The Balaban J connectivity index is 1.30. The Morgan fingerprint density at radius 2 is 1.77 bits per heavy atom. The molecular formula is C23H33N3O4S. The van der Waals surface area contributed by atoms with E-state index in [9.17, 15) is 18.0 Å². The fourth-order valence-electron chi connectivity index (χ4n) is 5.28. The van der Waals surface area contributed by atoms with E-state index < -0.39 is 15.1 Å². The van der Waals surface area contributed by atoms with Gasteiger partial charge < -0.3 is 16.0 Å². The summed E-state index contributed by atoms with van der Waals surface area (Å²) in [6.07, 6.45) is 4.28. The van der Waals surface area contributed by atoms with Crippen LogP contribution in [0.15, 0.2) is 29.2 Å². The summed E-state index contributed by atoms with van der Waals surface area (Å²) in [6, 6.07) is 7.11. The Hall–Kier alpha value is -1.77. The van der Waals surface area contributed by atoms with E-state index in [0.717, 1.165) is 31.5 Å². The third kappa shape index (κ3) is 5.02. The zero-order chi connectivity index (χ0) is 22.0. The maximum absolute atomic E-state index is 13.0. The summed E-state index contributed by atoms with van der Waals surface area (Å²) in [5, 5.41) is 9.41. The number of ketones is 1. The monoisotopic (exact) mass is 447 g/mol. The van der Waals surface area contributed by atoms with Crippen LogP contribution in [-0.2, 0) is 26.0 Å². The van der Waals surface area contributed by atoms with Crippen molar-refractivity contribution >= 4 is 21.5 Å². The fourth-order valence-corrected chi connectivity index (χ4v) is 7.08. The van der Waals surface area contributed by atoms with E-state index in [-0.39, 0.29) is 23.7 Å². The van der Waals surface area contributed by atoms with Crippen LogP contribution in [0.5, 0.6) is 0 Å². The molecule has 1 aromatic rings. The van der Waals surface area contributed by atoms with Gasteiger partial charge in [0.25, 0.3) is 0 Å². The molecule has 1 aliphatic carbocycles. The summed E-state index contributed by atoms with van der Waals surface area (Å²) < 4.78 is 25.9. The molecular weight excluding hydrogens is 414 g/mol. The quantitative estimate of drug-likeness (QED) is 0.611. The molecule has 0 radical (unpaired) electrons. The van der Waals surface area contributed by atoms with Crippen molar-refractivity contribution in [2.45, 2.75) is 74.2 Å². The number of piperidine rings is 1. The number of rotatable bonds is 6. The average Bonchev–Trinajstić information content (AvgIpc) is 3.22. The molecule has 7 nitrogen and oxygen atoms in total. The van der Waals surface area contributed by atoms with Crippen molar-refractivity contribution in [3.05, 3.63) is 29.8 Å². The molecule has 4 rings (SSSR count). The smallest absolute Gasteiger partial charge is 0.237 e. The number of hydrogen-bond donors (Lipinski definition) is 3. The summed E-state index contributed by atoms with van der Waals surface area (Å²) in [7, 11) is -3.40. The topological polar surface area (TPSA) is 104 Å². The van der Waals surface area contributed by atoms with Gasteiger partial charge in [0.1, 0.15) is 5.78 Å². The van der Waals surface area contributed by atoms with E-state index in [1.165, 1.54) is 0 Å². The number of carbonyl (C=O) groups excluding carboxylic acids is 2. The molecule has 8 heteroatoms. The molecule has 1 aromatic carbocycles. The zero-order valence-electron chi connectivity index (χ0n) is 18.1. The third-order valence-corrected chi connectivity index (χ3v) is 9.56. The molecule has 2 saturated heterocycles. The van der Waals surface area contributed by atoms with E-state index in [1.807, 2.05) is 0 Å². The number of benzene rings is 1. The minimum absolute atomic E-state index is 0.00649. The molecule has 0 spiro atoms. The van der Waals surface area contributed by atoms with Crippen molar-refractivity contribution < 1.29 is 18.0 Å². The van der Waals surface area contributed by atoms with Crippen molar-refractivity contribution in [3.63, 3.8) is 0 Å². The molecule has 1 amide bonds. The summed E-state index contributed by atoms with van der Waals surface area (Å²) in [6.45, 7) is 3.93. The molecule has 3 unspecified atom stereocenters. The fraction of sp³-hybridized carbons (Fsp3) is 0.652. The van der Waals surface area contributed by atoms with E-state index in [1.54, 1.807) is 31.2 Å². The first-order chi connectivity index (χ1) is 14.8. The van der Waals surface area contributed by atoms with E-state index in [0.29, 0.717) is 49.1 Å². The minimum atomic E-state index is -3.40. The Morgan fingerprint density at radius 3 is 2.42 bits per heavy atom. The van der Waals surface area contributed by atoms with Gasteiger partial charge >= 0.3 is 0 Å². The summed E-state index contributed by atoms with van der Waals surface area (Å²) in [4.78, 5) is 24.4. The molecule has 170 valence electrons. The van der Waals surface area contributed by atoms with Crippen LogP contribution >= 0.6 is 0 Å². The van der Waals surface area contributed by atoms with Gasteiger partial charge in [0.2, 0.25) is 5.91 Å². The van der Waals surface area contributed by atoms with Crippen molar-refractivity contribution in [2.75, 3.05) is 13.1 Å². The molecule has 3 N–H and O–H groups in total. The second-order valence-corrected chi connectivity index (χ2v) is 11.5. The normalized spacial score (nSPS) is 31.1. The largest absolute Gasteiger partial charge is 0.351 e. The van der Waals surface area contributed by atoms with Gasteiger partial charge in [-0.3, -0.25) is 9.59 Å². The van der Waals surface area contributed by atoms with Crippen LogP contribution in [0, 0.1) is 11.8 Å². The van der Waals surface area contributed by atoms with Crippen LogP contribution in [-0.4, -0.2) is 50.5 Å².